The summed E-state index contributed by atoms with van der Waals surface area (Å²) in [5, 5.41) is 6.52. The van der Waals surface area contributed by atoms with E-state index < -0.39 is 5.60 Å². The number of hydrogen-bond donors (Lipinski definition) is 1. The maximum atomic E-state index is 12.3. The zero-order valence-corrected chi connectivity index (χ0v) is 13.7. The van der Waals surface area contributed by atoms with Crippen molar-refractivity contribution < 1.29 is 14.3 Å². The molecule has 3 heterocycles. The lowest BCUT2D eigenvalue weighted by atomic mass is 9.90. The molecule has 23 heavy (non-hydrogen) atoms. The summed E-state index contributed by atoms with van der Waals surface area (Å²) in [6.45, 7) is 6.02. The highest BCUT2D eigenvalue weighted by atomic mass is 16.6. The molecule has 1 aromatic rings. The molecule has 1 aromatic heterocycles. The number of nitrogens with zero attached hydrogens (tertiary/aromatic N) is 3. The Labute approximate surface area is 136 Å². The van der Waals surface area contributed by atoms with Crippen LogP contribution in [0.1, 0.15) is 50.0 Å². The van der Waals surface area contributed by atoms with Gasteiger partial charge in [-0.3, -0.25) is 9.89 Å². The van der Waals surface area contributed by atoms with Crippen LogP contribution < -0.4 is 0 Å². The number of hydrogen-bond acceptors (Lipinski definition) is 4. The van der Waals surface area contributed by atoms with Crippen LogP contribution in [-0.4, -0.2) is 63.3 Å². The van der Waals surface area contributed by atoms with Gasteiger partial charge in [0.1, 0.15) is 11.3 Å². The number of carbonyl (C=O) groups is 2. The summed E-state index contributed by atoms with van der Waals surface area (Å²) in [6, 6.07) is 1.88. The first-order valence-electron chi connectivity index (χ1n) is 8.33. The summed E-state index contributed by atoms with van der Waals surface area (Å²) in [6.07, 6.45) is 4.77. The third kappa shape index (κ3) is 3.04. The quantitative estimate of drug-likeness (QED) is 0.920. The molecular weight excluding hydrogens is 296 g/mol. The standard InChI is InChI=1S/C16H24N4O3/c1-3-4-12(2)20-11-16(23-15(20)22)6-9-19(10-7-16)14(21)13-5-8-17-18-13/h5,8,12H,3-4,6-7,9-11H2,1-2H3,(H,17,18)/t12-/m1/s1. The second-order valence-corrected chi connectivity index (χ2v) is 6.58. The lowest BCUT2D eigenvalue weighted by Crippen LogP contribution is -2.49. The Kier molecular flexibility index (Phi) is 4.28. The van der Waals surface area contributed by atoms with Crippen LogP contribution >= 0.6 is 0 Å². The van der Waals surface area contributed by atoms with E-state index in [1.165, 1.54) is 0 Å². The first-order chi connectivity index (χ1) is 11.0. The number of piperidine rings is 1. The van der Waals surface area contributed by atoms with Crippen molar-refractivity contribution in [2.45, 2.75) is 51.2 Å². The monoisotopic (exact) mass is 320 g/mol. The van der Waals surface area contributed by atoms with Crippen LogP contribution in [0.5, 0.6) is 0 Å². The number of rotatable bonds is 4. The number of H-pyrrole nitrogens is 1. The molecule has 2 saturated heterocycles. The van der Waals surface area contributed by atoms with Crippen LogP contribution in [-0.2, 0) is 4.74 Å². The van der Waals surface area contributed by atoms with Crippen molar-refractivity contribution >= 4 is 12.0 Å². The Morgan fingerprint density at radius 3 is 2.83 bits per heavy atom. The molecular formula is C16H24N4O3. The largest absolute Gasteiger partial charge is 0.441 e. The van der Waals surface area contributed by atoms with E-state index in [0.29, 0.717) is 38.2 Å². The van der Waals surface area contributed by atoms with Crippen molar-refractivity contribution in [2.24, 2.45) is 0 Å². The van der Waals surface area contributed by atoms with Crippen molar-refractivity contribution in [3.05, 3.63) is 18.0 Å². The van der Waals surface area contributed by atoms with E-state index in [2.05, 4.69) is 24.0 Å². The van der Waals surface area contributed by atoms with E-state index in [0.717, 1.165) is 12.8 Å². The van der Waals surface area contributed by atoms with Gasteiger partial charge in [-0.25, -0.2) is 4.79 Å². The van der Waals surface area contributed by atoms with Crippen LogP contribution in [0.4, 0.5) is 4.79 Å². The minimum Gasteiger partial charge on any atom is -0.441 e. The van der Waals surface area contributed by atoms with Crippen molar-refractivity contribution in [2.75, 3.05) is 19.6 Å². The zero-order chi connectivity index (χ0) is 16.4. The normalized spacial score (nSPS) is 21.6. The summed E-state index contributed by atoms with van der Waals surface area (Å²) in [4.78, 5) is 28.1. The molecule has 1 N–H and O–H groups in total. The number of carbonyl (C=O) groups excluding carboxylic acids is 2. The fourth-order valence-electron chi connectivity index (χ4n) is 3.48. The third-order valence-corrected chi connectivity index (χ3v) is 4.93. The second kappa shape index (κ2) is 6.22. The maximum Gasteiger partial charge on any atom is 0.410 e. The minimum atomic E-state index is -0.427. The molecule has 0 aliphatic carbocycles. The van der Waals surface area contributed by atoms with Gasteiger partial charge in [-0.1, -0.05) is 13.3 Å². The predicted octanol–water partition coefficient (Wildman–Crippen LogP) is 2.03. The molecule has 0 aromatic carbocycles. The number of amides is 2. The van der Waals surface area contributed by atoms with Crippen molar-refractivity contribution in [3.8, 4) is 0 Å². The van der Waals surface area contributed by atoms with Crippen molar-refractivity contribution in [1.29, 1.82) is 0 Å². The number of nitrogens with one attached hydrogen (secondary N) is 1. The third-order valence-electron chi connectivity index (χ3n) is 4.93. The Morgan fingerprint density at radius 2 is 2.22 bits per heavy atom. The molecule has 2 aliphatic heterocycles. The maximum absolute atomic E-state index is 12.3. The first kappa shape index (κ1) is 15.8. The fourth-order valence-corrected chi connectivity index (χ4v) is 3.48. The van der Waals surface area contributed by atoms with Gasteiger partial charge in [0.25, 0.3) is 5.91 Å². The molecule has 0 saturated carbocycles. The summed E-state index contributed by atoms with van der Waals surface area (Å²) < 4.78 is 5.72. The van der Waals surface area contributed by atoms with Crippen LogP contribution in [0.3, 0.4) is 0 Å². The Hall–Kier alpha value is -2.05. The molecule has 2 fully saturated rings. The molecule has 7 heteroatoms. The van der Waals surface area contributed by atoms with Crippen LogP contribution in [0.25, 0.3) is 0 Å². The molecule has 2 aliphatic rings. The average molecular weight is 320 g/mol. The van der Waals surface area contributed by atoms with Gasteiger partial charge in [-0.15, -0.1) is 0 Å². The average Bonchev–Trinajstić information content (AvgIpc) is 3.16. The van der Waals surface area contributed by atoms with Gasteiger partial charge in [-0.05, 0) is 19.4 Å². The fraction of sp³-hybridized carbons (Fsp3) is 0.688. The highest BCUT2D eigenvalue weighted by molar-refractivity contribution is 5.92. The van der Waals surface area contributed by atoms with E-state index in [4.69, 9.17) is 4.74 Å². The van der Waals surface area contributed by atoms with Gasteiger partial charge in [0.2, 0.25) is 0 Å². The van der Waals surface area contributed by atoms with Crippen molar-refractivity contribution in [3.63, 3.8) is 0 Å². The molecule has 0 radical (unpaired) electrons. The molecule has 3 rings (SSSR count). The molecule has 1 atom stereocenters. The first-order valence-corrected chi connectivity index (χ1v) is 8.33. The number of aromatic amines is 1. The van der Waals surface area contributed by atoms with Gasteiger partial charge in [0.15, 0.2) is 0 Å². The molecule has 0 unspecified atom stereocenters. The molecule has 1 spiro atoms. The van der Waals surface area contributed by atoms with E-state index in [-0.39, 0.29) is 18.0 Å². The highest BCUT2D eigenvalue weighted by Crippen LogP contribution is 2.35. The molecule has 126 valence electrons. The number of ether oxygens (including phenoxy) is 1. The summed E-state index contributed by atoms with van der Waals surface area (Å²) in [7, 11) is 0. The SMILES string of the molecule is CCC[C@@H](C)N1CC2(CCN(C(=O)c3ccn[nH]3)CC2)OC1=O. The van der Waals surface area contributed by atoms with Gasteiger partial charge >= 0.3 is 6.09 Å². The van der Waals surface area contributed by atoms with E-state index in [1.807, 2.05) is 4.90 Å². The lowest BCUT2D eigenvalue weighted by molar-refractivity contribution is 0.00290. The van der Waals surface area contributed by atoms with Gasteiger partial charge in [0.05, 0.1) is 6.54 Å². The van der Waals surface area contributed by atoms with E-state index in [1.54, 1.807) is 17.2 Å². The lowest BCUT2D eigenvalue weighted by Gasteiger charge is -2.37. The van der Waals surface area contributed by atoms with Crippen molar-refractivity contribution in [1.82, 2.24) is 20.0 Å². The Balaban J connectivity index is 1.60. The predicted molar refractivity (Wildman–Crippen MR) is 84.0 cm³/mol. The van der Waals surface area contributed by atoms with Crippen LogP contribution in [0.2, 0.25) is 0 Å². The molecule has 2 amide bonds. The topological polar surface area (TPSA) is 78.5 Å². The van der Waals surface area contributed by atoms with Gasteiger partial charge in [-0.2, -0.15) is 5.10 Å². The minimum absolute atomic E-state index is 0.0436. The summed E-state index contributed by atoms with van der Waals surface area (Å²) >= 11 is 0. The second-order valence-electron chi connectivity index (χ2n) is 6.58. The number of likely N-dealkylation sites (tertiary alicyclic amines) is 1. The summed E-state index contributed by atoms with van der Waals surface area (Å²) in [5.41, 5.74) is 0.0756. The molecule has 7 nitrogen and oxygen atoms in total. The van der Waals surface area contributed by atoms with Gasteiger partial charge < -0.3 is 14.5 Å². The Bertz CT molecular complexity index is 564. The van der Waals surface area contributed by atoms with E-state index >= 15 is 0 Å². The van der Waals surface area contributed by atoms with Gasteiger partial charge in [0, 0.05) is 38.2 Å². The zero-order valence-electron chi connectivity index (χ0n) is 13.7. The molecule has 0 bridgehead atoms. The van der Waals surface area contributed by atoms with E-state index in [9.17, 15) is 9.59 Å². The highest BCUT2D eigenvalue weighted by Gasteiger charge is 2.48. The smallest absolute Gasteiger partial charge is 0.410 e. The number of aromatic nitrogens is 2. The van der Waals surface area contributed by atoms with Crippen LogP contribution in [0.15, 0.2) is 12.3 Å². The Morgan fingerprint density at radius 1 is 1.48 bits per heavy atom. The van der Waals surface area contributed by atoms with Crippen LogP contribution in [0, 0.1) is 0 Å². The summed E-state index contributed by atoms with van der Waals surface area (Å²) in [5.74, 6) is -0.0436.